The number of aromatic nitrogens is 3. The molecule has 0 aliphatic carbocycles. The van der Waals surface area contributed by atoms with Crippen LogP contribution in [-0.4, -0.2) is 50.3 Å². The van der Waals surface area contributed by atoms with Crippen molar-refractivity contribution < 1.29 is 13.2 Å². The summed E-state index contributed by atoms with van der Waals surface area (Å²) in [5.74, 6) is 1.19. The van der Waals surface area contributed by atoms with Crippen LogP contribution < -0.4 is 25.1 Å². The number of aromatic amines is 1. The average Bonchev–Trinajstić information content (AvgIpc) is 2.59. The molecule has 3 heterocycles. The van der Waals surface area contributed by atoms with E-state index < -0.39 is 10.2 Å². The fraction of sp³-hybridized carbons (Fsp3) is 0.500. The van der Waals surface area contributed by atoms with Crippen LogP contribution in [0.15, 0.2) is 17.1 Å². The van der Waals surface area contributed by atoms with E-state index in [1.165, 1.54) is 7.11 Å². The number of hydrogen-bond donors (Lipinski definition) is 3. The molecule has 1 aliphatic heterocycles. The minimum Gasteiger partial charge on any atom is -0.480 e. The topological polar surface area (TPSA) is 143 Å². The summed E-state index contributed by atoms with van der Waals surface area (Å²) in [5.41, 5.74) is -0.346. The molecule has 0 unspecified atom stereocenters. The number of pyridine rings is 1. The third kappa shape index (κ3) is 4.06. The molecule has 2 aromatic heterocycles. The van der Waals surface area contributed by atoms with Crippen molar-refractivity contribution in [1.82, 2.24) is 19.9 Å². The van der Waals surface area contributed by atoms with Crippen molar-refractivity contribution >= 4 is 26.8 Å². The molecule has 1 fully saturated rings. The summed E-state index contributed by atoms with van der Waals surface area (Å²) in [4.78, 5) is 18.4. The van der Waals surface area contributed by atoms with E-state index in [2.05, 4.69) is 24.8 Å². The number of nitrogens with zero attached hydrogens (tertiary/aromatic N) is 3. The fourth-order valence-corrected chi connectivity index (χ4v) is 3.45. The minimum atomic E-state index is -3.66. The van der Waals surface area contributed by atoms with E-state index >= 15 is 0 Å². The van der Waals surface area contributed by atoms with Crippen LogP contribution in [-0.2, 0) is 10.2 Å². The summed E-state index contributed by atoms with van der Waals surface area (Å²) >= 11 is 0. The van der Waals surface area contributed by atoms with Gasteiger partial charge in [-0.15, -0.1) is 0 Å². The predicted octanol–water partition coefficient (Wildman–Crippen LogP) is -0.664. The first-order valence-electron chi connectivity index (χ1n) is 7.82. The van der Waals surface area contributed by atoms with E-state index in [0.29, 0.717) is 23.1 Å². The van der Waals surface area contributed by atoms with Gasteiger partial charge >= 0.3 is 0 Å². The zero-order valence-corrected chi connectivity index (χ0v) is 14.5. The van der Waals surface area contributed by atoms with Crippen molar-refractivity contribution in [2.45, 2.75) is 12.8 Å². The van der Waals surface area contributed by atoms with Gasteiger partial charge in [-0.1, -0.05) is 0 Å². The molecule has 0 saturated carbocycles. The molecule has 2 aromatic rings. The molecular weight excluding hydrogens is 348 g/mol. The quantitative estimate of drug-likeness (QED) is 0.635. The highest BCUT2D eigenvalue weighted by Crippen LogP contribution is 2.27. The van der Waals surface area contributed by atoms with Crippen molar-refractivity contribution in [3.63, 3.8) is 0 Å². The lowest BCUT2D eigenvalue weighted by Gasteiger charge is -2.33. The maximum absolute atomic E-state index is 11.9. The number of ether oxygens (including phenoxy) is 1. The summed E-state index contributed by atoms with van der Waals surface area (Å²) in [6.07, 6.45) is 3.17. The largest absolute Gasteiger partial charge is 0.480 e. The van der Waals surface area contributed by atoms with E-state index in [1.807, 2.05) is 6.07 Å². The number of hydrogen-bond acceptors (Lipinski definition) is 7. The van der Waals surface area contributed by atoms with Crippen LogP contribution in [0.4, 0.5) is 5.82 Å². The second kappa shape index (κ2) is 6.94. The number of H-pyrrole nitrogens is 1. The van der Waals surface area contributed by atoms with E-state index in [4.69, 9.17) is 9.88 Å². The van der Waals surface area contributed by atoms with Crippen LogP contribution in [0.25, 0.3) is 10.8 Å². The maximum atomic E-state index is 11.9. The minimum absolute atomic E-state index is 0.224. The standard InChI is InChI=1S/C14H20N6O4S/c1-24-14-12-10(8-16-19-13(12)21)6-11(18-14)20-4-2-9(3-5-20)7-17-25(15,22)23/h6,8-9,17H,2-5,7H2,1H3,(H,19,21)(H2,15,22,23). The van der Waals surface area contributed by atoms with Gasteiger partial charge in [0.15, 0.2) is 0 Å². The van der Waals surface area contributed by atoms with Crippen LogP contribution >= 0.6 is 0 Å². The third-order valence-corrected chi connectivity index (χ3v) is 4.87. The van der Waals surface area contributed by atoms with Gasteiger partial charge in [0.2, 0.25) is 5.88 Å². The predicted molar refractivity (Wildman–Crippen MR) is 92.8 cm³/mol. The van der Waals surface area contributed by atoms with Crippen molar-refractivity contribution in [3.8, 4) is 5.88 Å². The Morgan fingerprint density at radius 3 is 2.80 bits per heavy atom. The first-order chi connectivity index (χ1) is 11.9. The molecule has 4 N–H and O–H groups in total. The van der Waals surface area contributed by atoms with Crippen molar-refractivity contribution in [1.29, 1.82) is 0 Å². The van der Waals surface area contributed by atoms with Crippen molar-refractivity contribution in [3.05, 3.63) is 22.6 Å². The smallest absolute Gasteiger partial charge is 0.277 e. The van der Waals surface area contributed by atoms with Gasteiger partial charge in [0.05, 0.1) is 13.3 Å². The second-order valence-electron chi connectivity index (χ2n) is 5.98. The Morgan fingerprint density at radius 1 is 1.44 bits per heavy atom. The van der Waals surface area contributed by atoms with Gasteiger partial charge in [0.1, 0.15) is 11.2 Å². The second-order valence-corrected chi connectivity index (χ2v) is 7.36. The number of fused-ring (bicyclic) bond motifs is 1. The Morgan fingerprint density at radius 2 is 2.16 bits per heavy atom. The van der Waals surface area contributed by atoms with Gasteiger partial charge in [0.25, 0.3) is 15.8 Å². The molecule has 0 spiro atoms. The Labute approximate surface area is 144 Å². The summed E-state index contributed by atoms with van der Waals surface area (Å²) in [7, 11) is -2.19. The number of nitrogens with two attached hydrogens (primary N) is 1. The molecule has 0 radical (unpaired) electrons. The number of methoxy groups -OCH3 is 1. The molecule has 0 atom stereocenters. The van der Waals surface area contributed by atoms with Crippen molar-refractivity contribution in [2.24, 2.45) is 11.1 Å². The summed E-state index contributed by atoms with van der Waals surface area (Å²) in [5, 5.41) is 12.2. The summed E-state index contributed by atoms with van der Waals surface area (Å²) in [6.45, 7) is 1.77. The highest BCUT2D eigenvalue weighted by atomic mass is 32.2. The molecule has 0 bridgehead atoms. The zero-order chi connectivity index (χ0) is 18.0. The molecule has 0 amide bonds. The van der Waals surface area contributed by atoms with Gasteiger partial charge in [-0.2, -0.15) is 18.5 Å². The van der Waals surface area contributed by atoms with Gasteiger partial charge in [-0.25, -0.2) is 15.0 Å². The van der Waals surface area contributed by atoms with E-state index in [0.717, 1.165) is 25.9 Å². The van der Waals surface area contributed by atoms with E-state index in [-0.39, 0.29) is 17.4 Å². The number of rotatable bonds is 5. The number of anilines is 1. The third-order valence-electron chi connectivity index (χ3n) is 4.31. The monoisotopic (exact) mass is 368 g/mol. The highest BCUT2D eigenvalue weighted by Gasteiger charge is 2.22. The molecule has 1 saturated heterocycles. The SMILES string of the molecule is COc1nc(N2CCC(CNS(N)(=O)=O)CC2)cc2cn[nH]c(=O)c12. The van der Waals surface area contributed by atoms with Crippen LogP contribution in [0.1, 0.15) is 12.8 Å². The van der Waals surface area contributed by atoms with Gasteiger partial charge < -0.3 is 9.64 Å². The van der Waals surface area contributed by atoms with E-state index in [9.17, 15) is 13.2 Å². The van der Waals surface area contributed by atoms with Gasteiger partial charge in [0, 0.05) is 25.0 Å². The lowest BCUT2D eigenvalue weighted by molar-refractivity contribution is 0.392. The number of nitrogens with one attached hydrogen (secondary N) is 2. The van der Waals surface area contributed by atoms with Crippen LogP contribution in [0.5, 0.6) is 5.88 Å². The Hall–Kier alpha value is -2.24. The zero-order valence-electron chi connectivity index (χ0n) is 13.7. The first-order valence-corrected chi connectivity index (χ1v) is 9.37. The molecule has 1 aliphatic rings. The lowest BCUT2D eigenvalue weighted by Crippen LogP contribution is -2.40. The van der Waals surface area contributed by atoms with Gasteiger partial charge in [-0.3, -0.25) is 4.79 Å². The molecular formula is C14H20N6O4S. The average molecular weight is 368 g/mol. The summed E-state index contributed by atoms with van der Waals surface area (Å²) in [6, 6.07) is 1.81. The lowest BCUT2D eigenvalue weighted by atomic mass is 9.97. The Kier molecular flexibility index (Phi) is 4.88. The molecule has 136 valence electrons. The Balaban J connectivity index is 1.76. The first kappa shape index (κ1) is 17.6. The maximum Gasteiger partial charge on any atom is 0.277 e. The molecule has 25 heavy (non-hydrogen) atoms. The van der Waals surface area contributed by atoms with Crippen LogP contribution in [0.2, 0.25) is 0 Å². The van der Waals surface area contributed by atoms with Crippen molar-refractivity contribution in [2.75, 3.05) is 31.6 Å². The number of piperidine rings is 1. The Bertz CT molecular complexity index is 921. The highest BCUT2D eigenvalue weighted by molar-refractivity contribution is 7.87. The molecule has 3 rings (SSSR count). The molecule has 0 aromatic carbocycles. The van der Waals surface area contributed by atoms with Crippen LogP contribution in [0.3, 0.4) is 0 Å². The van der Waals surface area contributed by atoms with Crippen LogP contribution in [0, 0.1) is 5.92 Å². The summed E-state index contributed by atoms with van der Waals surface area (Å²) < 4.78 is 29.6. The van der Waals surface area contributed by atoms with E-state index in [1.54, 1.807) is 6.20 Å². The van der Waals surface area contributed by atoms with Gasteiger partial charge in [-0.05, 0) is 24.8 Å². The molecule has 10 nitrogen and oxygen atoms in total. The fourth-order valence-electron chi connectivity index (χ4n) is 2.98. The molecule has 11 heteroatoms. The normalized spacial score (nSPS) is 16.3.